The maximum absolute atomic E-state index is 11.4. The summed E-state index contributed by atoms with van der Waals surface area (Å²) in [6, 6.07) is -0.0609. The largest absolute Gasteiger partial charge is 0.338 e. The number of hydrogen-bond donors (Lipinski definition) is 2. The fourth-order valence-electron chi connectivity index (χ4n) is 0.959. The van der Waals surface area contributed by atoms with E-state index in [2.05, 4.69) is 52.2 Å². The van der Waals surface area contributed by atoms with Crippen molar-refractivity contribution in [2.75, 3.05) is 13.1 Å². The minimum absolute atomic E-state index is 0.0609. The Morgan fingerprint density at radius 1 is 0.933 bits per heavy atom. The average Bonchev–Trinajstić information content (AvgIpc) is 1.97. The van der Waals surface area contributed by atoms with E-state index in [1.165, 1.54) is 0 Å². The molecule has 0 aliphatic heterocycles. The Kier molecular flexibility index (Phi) is 5.12. The highest BCUT2D eigenvalue weighted by Crippen LogP contribution is 2.16. The first-order chi connectivity index (χ1) is 6.60. The summed E-state index contributed by atoms with van der Waals surface area (Å²) in [7, 11) is 0. The van der Waals surface area contributed by atoms with Gasteiger partial charge in [-0.15, -0.1) is 0 Å². The number of nitrogens with one attached hydrogen (secondary N) is 2. The fourth-order valence-corrected chi connectivity index (χ4v) is 0.959. The van der Waals surface area contributed by atoms with Crippen molar-refractivity contribution in [1.82, 2.24) is 10.6 Å². The van der Waals surface area contributed by atoms with Gasteiger partial charge in [0.2, 0.25) is 0 Å². The molecule has 15 heavy (non-hydrogen) atoms. The summed E-state index contributed by atoms with van der Waals surface area (Å²) in [6.45, 7) is 14.2. The van der Waals surface area contributed by atoms with Crippen LogP contribution in [0.3, 0.4) is 0 Å². The molecule has 0 aromatic carbocycles. The van der Waals surface area contributed by atoms with E-state index in [9.17, 15) is 4.79 Å². The summed E-state index contributed by atoms with van der Waals surface area (Å²) >= 11 is 0. The molecule has 2 amide bonds. The minimum Gasteiger partial charge on any atom is -0.338 e. The van der Waals surface area contributed by atoms with Gasteiger partial charge in [-0.25, -0.2) is 4.79 Å². The van der Waals surface area contributed by atoms with Crippen LogP contribution < -0.4 is 10.6 Å². The summed E-state index contributed by atoms with van der Waals surface area (Å²) < 4.78 is 0. The van der Waals surface area contributed by atoms with Gasteiger partial charge < -0.3 is 10.6 Å². The van der Waals surface area contributed by atoms with Gasteiger partial charge in [0.05, 0.1) is 0 Å². The summed E-state index contributed by atoms with van der Waals surface area (Å²) in [5.74, 6) is 0. The van der Waals surface area contributed by atoms with Crippen molar-refractivity contribution in [2.24, 2.45) is 10.8 Å². The Morgan fingerprint density at radius 2 is 1.47 bits per heavy atom. The monoisotopic (exact) mass is 214 g/mol. The Morgan fingerprint density at radius 3 is 1.87 bits per heavy atom. The molecule has 3 heteroatoms. The zero-order chi connectivity index (χ0) is 12.1. The topological polar surface area (TPSA) is 41.1 Å². The van der Waals surface area contributed by atoms with Crippen LogP contribution in [0.15, 0.2) is 0 Å². The first-order valence-corrected chi connectivity index (χ1v) is 5.62. The highest BCUT2D eigenvalue weighted by atomic mass is 16.2. The standard InChI is InChI=1S/C12H26N2O/c1-11(2,3)7-8-13-10(15)14-9-12(4,5)6/h7-9H2,1-6H3,(H2,13,14,15). The second-order valence-corrected chi connectivity index (χ2v) is 6.48. The second kappa shape index (κ2) is 5.38. The van der Waals surface area contributed by atoms with Crippen molar-refractivity contribution in [3.8, 4) is 0 Å². The van der Waals surface area contributed by atoms with Crippen LogP contribution in [-0.4, -0.2) is 19.1 Å². The zero-order valence-electron chi connectivity index (χ0n) is 11.0. The van der Waals surface area contributed by atoms with Crippen LogP contribution in [0.4, 0.5) is 4.79 Å². The van der Waals surface area contributed by atoms with Crippen molar-refractivity contribution < 1.29 is 4.79 Å². The third-order valence-electron chi connectivity index (χ3n) is 1.94. The molecule has 0 fully saturated rings. The smallest absolute Gasteiger partial charge is 0.314 e. The van der Waals surface area contributed by atoms with Gasteiger partial charge in [0.25, 0.3) is 0 Å². The number of rotatable bonds is 3. The number of carbonyl (C=O) groups is 1. The van der Waals surface area contributed by atoms with Crippen LogP contribution in [-0.2, 0) is 0 Å². The van der Waals surface area contributed by atoms with E-state index in [1.54, 1.807) is 0 Å². The Bertz CT molecular complexity index is 199. The van der Waals surface area contributed by atoms with Gasteiger partial charge >= 0.3 is 6.03 Å². The molecule has 0 unspecified atom stereocenters. The molecule has 0 atom stereocenters. The number of carbonyl (C=O) groups excluding carboxylic acids is 1. The first-order valence-electron chi connectivity index (χ1n) is 5.62. The van der Waals surface area contributed by atoms with Crippen molar-refractivity contribution in [3.63, 3.8) is 0 Å². The third kappa shape index (κ3) is 11.2. The molecule has 0 saturated carbocycles. The molecule has 0 radical (unpaired) electrons. The van der Waals surface area contributed by atoms with E-state index in [0.717, 1.165) is 13.0 Å². The molecule has 3 nitrogen and oxygen atoms in total. The molecule has 0 bridgehead atoms. The number of amides is 2. The molecule has 0 aromatic rings. The van der Waals surface area contributed by atoms with Gasteiger partial charge in [-0.1, -0.05) is 41.5 Å². The molecule has 0 aliphatic rings. The maximum Gasteiger partial charge on any atom is 0.314 e. The van der Waals surface area contributed by atoms with Gasteiger partial charge in [-0.05, 0) is 17.3 Å². The summed E-state index contributed by atoms with van der Waals surface area (Å²) in [5.41, 5.74) is 0.415. The van der Waals surface area contributed by atoms with E-state index in [0.29, 0.717) is 6.54 Å². The summed E-state index contributed by atoms with van der Waals surface area (Å²) in [5, 5.41) is 5.72. The van der Waals surface area contributed by atoms with Gasteiger partial charge in [0.1, 0.15) is 0 Å². The van der Waals surface area contributed by atoms with E-state index in [-0.39, 0.29) is 16.9 Å². The van der Waals surface area contributed by atoms with Crippen molar-refractivity contribution in [1.29, 1.82) is 0 Å². The van der Waals surface area contributed by atoms with Crippen LogP contribution in [0, 0.1) is 10.8 Å². The molecule has 0 heterocycles. The molecular formula is C12H26N2O. The lowest BCUT2D eigenvalue weighted by atomic mass is 9.92. The second-order valence-electron chi connectivity index (χ2n) is 6.48. The maximum atomic E-state index is 11.4. The van der Waals surface area contributed by atoms with Crippen LogP contribution in [0.2, 0.25) is 0 Å². The normalized spacial score (nSPS) is 12.4. The van der Waals surface area contributed by atoms with E-state index >= 15 is 0 Å². The van der Waals surface area contributed by atoms with Crippen molar-refractivity contribution in [2.45, 2.75) is 48.0 Å². The molecular weight excluding hydrogens is 188 g/mol. The van der Waals surface area contributed by atoms with E-state index < -0.39 is 0 Å². The molecule has 0 spiro atoms. The zero-order valence-corrected chi connectivity index (χ0v) is 11.0. The quantitative estimate of drug-likeness (QED) is 0.745. The van der Waals surface area contributed by atoms with Crippen molar-refractivity contribution in [3.05, 3.63) is 0 Å². The minimum atomic E-state index is -0.0609. The molecule has 0 aliphatic carbocycles. The summed E-state index contributed by atoms with van der Waals surface area (Å²) in [4.78, 5) is 11.4. The van der Waals surface area contributed by atoms with Crippen LogP contribution >= 0.6 is 0 Å². The SMILES string of the molecule is CC(C)(C)CCNC(=O)NCC(C)(C)C. The molecule has 2 N–H and O–H groups in total. The summed E-state index contributed by atoms with van der Waals surface area (Å²) in [6.07, 6.45) is 0.996. The first kappa shape index (κ1) is 14.3. The molecule has 0 saturated heterocycles. The van der Waals surface area contributed by atoms with Crippen molar-refractivity contribution >= 4 is 6.03 Å². The highest BCUT2D eigenvalue weighted by Gasteiger charge is 2.13. The molecule has 90 valence electrons. The lowest BCUT2D eigenvalue weighted by Crippen LogP contribution is -2.40. The van der Waals surface area contributed by atoms with E-state index in [1.807, 2.05) is 0 Å². The average molecular weight is 214 g/mol. The predicted octanol–water partition coefficient (Wildman–Crippen LogP) is 2.77. The Balaban J connectivity index is 3.60. The predicted molar refractivity (Wildman–Crippen MR) is 64.9 cm³/mol. The van der Waals surface area contributed by atoms with Crippen LogP contribution in [0.5, 0.6) is 0 Å². The fraction of sp³-hybridized carbons (Fsp3) is 0.917. The number of urea groups is 1. The third-order valence-corrected chi connectivity index (χ3v) is 1.94. The molecule has 0 rings (SSSR count). The Hall–Kier alpha value is -0.730. The number of hydrogen-bond acceptors (Lipinski definition) is 1. The van der Waals surface area contributed by atoms with E-state index in [4.69, 9.17) is 0 Å². The lowest BCUT2D eigenvalue weighted by molar-refractivity contribution is 0.233. The Labute approximate surface area is 94.0 Å². The molecule has 0 aromatic heterocycles. The lowest BCUT2D eigenvalue weighted by Gasteiger charge is -2.20. The van der Waals surface area contributed by atoms with Gasteiger partial charge in [-0.3, -0.25) is 0 Å². The van der Waals surface area contributed by atoms with Gasteiger partial charge in [-0.2, -0.15) is 0 Å². The van der Waals surface area contributed by atoms with Gasteiger partial charge in [0, 0.05) is 13.1 Å². The highest BCUT2D eigenvalue weighted by molar-refractivity contribution is 5.73. The van der Waals surface area contributed by atoms with Crippen LogP contribution in [0.25, 0.3) is 0 Å². The van der Waals surface area contributed by atoms with Gasteiger partial charge in [0.15, 0.2) is 0 Å². The van der Waals surface area contributed by atoms with Crippen LogP contribution in [0.1, 0.15) is 48.0 Å².